The predicted molar refractivity (Wildman–Crippen MR) is 42.0 cm³/mol. The molecule has 2 aromatic heterocycles. The molecule has 0 unspecified atom stereocenters. The molecular weight excluding hydrogens is 140 g/mol. The SMILES string of the molecule is OCc1cc2cc[nH]c2cn1. The molecule has 0 saturated heterocycles. The van der Waals surface area contributed by atoms with Gasteiger partial charge in [-0.1, -0.05) is 0 Å². The molecule has 0 radical (unpaired) electrons. The molecule has 0 atom stereocenters. The second-order valence-electron chi connectivity index (χ2n) is 2.40. The normalized spacial score (nSPS) is 10.6. The lowest BCUT2D eigenvalue weighted by Gasteiger charge is -1.93. The fraction of sp³-hybridized carbons (Fsp3) is 0.125. The van der Waals surface area contributed by atoms with Crippen molar-refractivity contribution in [1.29, 1.82) is 0 Å². The number of hydrogen-bond donors (Lipinski definition) is 2. The van der Waals surface area contributed by atoms with Crippen LogP contribution in [0, 0.1) is 0 Å². The van der Waals surface area contributed by atoms with E-state index in [1.807, 2.05) is 18.3 Å². The number of nitrogens with one attached hydrogen (secondary N) is 1. The van der Waals surface area contributed by atoms with Crippen LogP contribution < -0.4 is 0 Å². The summed E-state index contributed by atoms with van der Waals surface area (Å²) in [4.78, 5) is 7.04. The summed E-state index contributed by atoms with van der Waals surface area (Å²) < 4.78 is 0. The molecule has 0 amide bonds. The van der Waals surface area contributed by atoms with Crippen LogP contribution in [0.3, 0.4) is 0 Å². The van der Waals surface area contributed by atoms with E-state index in [1.165, 1.54) is 0 Å². The summed E-state index contributed by atoms with van der Waals surface area (Å²) in [6.07, 6.45) is 3.58. The number of pyridine rings is 1. The zero-order chi connectivity index (χ0) is 7.68. The second kappa shape index (κ2) is 2.36. The fourth-order valence-electron chi connectivity index (χ4n) is 1.08. The Kier molecular flexibility index (Phi) is 1.36. The summed E-state index contributed by atoms with van der Waals surface area (Å²) >= 11 is 0. The standard InChI is InChI=1S/C8H8N2O/c11-5-7-3-6-1-2-9-8(6)4-10-7/h1-4,9,11H,5H2. The lowest BCUT2D eigenvalue weighted by Crippen LogP contribution is -1.86. The first-order valence-corrected chi connectivity index (χ1v) is 3.43. The Morgan fingerprint density at radius 1 is 1.55 bits per heavy atom. The van der Waals surface area contributed by atoms with Gasteiger partial charge in [0, 0.05) is 11.6 Å². The van der Waals surface area contributed by atoms with E-state index in [0.29, 0.717) is 5.69 Å². The number of nitrogens with zero attached hydrogens (tertiary/aromatic N) is 1. The number of rotatable bonds is 1. The molecule has 0 aliphatic carbocycles. The predicted octanol–water partition coefficient (Wildman–Crippen LogP) is 1.06. The van der Waals surface area contributed by atoms with E-state index in [2.05, 4.69) is 9.97 Å². The van der Waals surface area contributed by atoms with Crippen molar-refractivity contribution < 1.29 is 5.11 Å². The van der Waals surface area contributed by atoms with Crippen LogP contribution >= 0.6 is 0 Å². The molecule has 56 valence electrons. The number of aromatic amines is 1. The molecule has 2 rings (SSSR count). The van der Waals surface area contributed by atoms with Crippen molar-refractivity contribution in [1.82, 2.24) is 9.97 Å². The van der Waals surface area contributed by atoms with E-state index in [9.17, 15) is 0 Å². The lowest BCUT2D eigenvalue weighted by atomic mass is 10.3. The molecule has 2 aromatic rings. The number of aromatic nitrogens is 2. The zero-order valence-electron chi connectivity index (χ0n) is 5.91. The van der Waals surface area contributed by atoms with Gasteiger partial charge in [-0.3, -0.25) is 4.98 Å². The van der Waals surface area contributed by atoms with Crippen molar-refractivity contribution in [2.24, 2.45) is 0 Å². The molecule has 0 fully saturated rings. The molecular formula is C8H8N2O. The van der Waals surface area contributed by atoms with E-state index in [0.717, 1.165) is 10.9 Å². The molecule has 0 bridgehead atoms. The van der Waals surface area contributed by atoms with Crippen molar-refractivity contribution in [3.8, 4) is 0 Å². The maximum absolute atomic E-state index is 8.76. The van der Waals surface area contributed by atoms with E-state index in [1.54, 1.807) is 6.20 Å². The summed E-state index contributed by atoms with van der Waals surface area (Å²) in [5.41, 5.74) is 1.71. The quantitative estimate of drug-likeness (QED) is 0.635. The Bertz CT molecular complexity index is 367. The zero-order valence-corrected chi connectivity index (χ0v) is 5.91. The van der Waals surface area contributed by atoms with Gasteiger partial charge in [0.25, 0.3) is 0 Å². The molecule has 0 aliphatic rings. The minimum atomic E-state index is 0.00111. The fourth-order valence-corrected chi connectivity index (χ4v) is 1.08. The topological polar surface area (TPSA) is 48.9 Å². The first-order chi connectivity index (χ1) is 5.40. The van der Waals surface area contributed by atoms with Crippen molar-refractivity contribution in [3.05, 3.63) is 30.2 Å². The van der Waals surface area contributed by atoms with Crippen LogP contribution in [0.2, 0.25) is 0 Å². The van der Waals surface area contributed by atoms with Gasteiger partial charge in [-0.2, -0.15) is 0 Å². The Morgan fingerprint density at radius 3 is 3.27 bits per heavy atom. The van der Waals surface area contributed by atoms with E-state index >= 15 is 0 Å². The van der Waals surface area contributed by atoms with Crippen LogP contribution in [0.5, 0.6) is 0 Å². The summed E-state index contributed by atoms with van der Waals surface area (Å²) in [5.74, 6) is 0. The van der Waals surface area contributed by atoms with Crippen LogP contribution in [0.15, 0.2) is 24.5 Å². The molecule has 0 spiro atoms. The molecule has 0 aromatic carbocycles. The van der Waals surface area contributed by atoms with Gasteiger partial charge in [0.05, 0.1) is 24.0 Å². The highest BCUT2D eigenvalue weighted by molar-refractivity contribution is 5.78. The maximum atomic E-state index is 8.76. The second-order valence-corrected chi connectivity index (χ2v) is 2.40. The number of aliphatic hydroxyl groups excluding tert-OH is 1. The van der Waals surface area contributed by atoms with E-state index in [4.69, 9.17) is 5.11 Å². The third-order valence-electron chi connectivity index (χ3n) is 1.66. The smallest absolute Gasteiger partial charge is 0.0853 e. The monoisotopic (exact) mass is 148 g/mol. The summed E-state index contributed by atoms with van der Waals surface area (Å²) in [6.45, 7) is 0.00111. The minimum Gasteiger partial charge on any atom is -0.390 e. The first-order valence-electron chi connectivity index (χ1n) is 3.43. The third kappa shape index (κ3) is 0.991. The maximum Gasteiger partial charge on any atom is 0.0853 e. The highest BCUT2D eigenvalue weighted by Gasteiger charge is 1.95. The van der Waals surface area contributed by atoms with Crippen LogP contribution in [0.1, 0.15) is 5.69 Å². The summed E-state index contributed by atoms with van der Waals surface area (Å²) in [6, 6.07) is 3.82. The Balaban J connectivity index is 2.67. The number of hydrogen-bond acceptors (Lipinski definition) is 2. The lowest BCUT2D eigenvalue weighted by molar-refractivity contribution is 0.277. The van der Waals surface area contributed by atoms with Crippen molar-refractivity contribution in [2.45, 2.75) is 6.61 Å². The van der Waals surface area contributed by atoms with E-state index in [-0.39, 0.29) is 6.61 Å². The van der Waals surface area contributed by atoms with Crippen molar-refractivity contribution in [3.63, 3.8) is 0 Å². The van der Waals surface area contributed by atoms with Gasteiger partial charge in [0.15, 0.2) is 0 Å². The molecule has 2 heterocycles. The molecule has 11 heavy (non-hydrogen) atoms. The number of fused-ring (bicyclic) bond motifs is 1. The largest absolute Gasteiger partial charge is 0.390 e. The highest BCUT2D eigenvalue weighted by atomic mass is 16.3. The van der Waals surface area contributed by atoms with Gasteiger partial charge in [-0.15, -0.1) is 0 Å². The van der Waals surface area contributed by atoms with Crippen molar-refractivity contribution >= 4 is 10.9 Å². The molecule has 2 N–H and O–H groups in total. The number of H-pyrrole nitrogens is 1. The van der Waals surface area contributed by atoms with E-state index < -0.39 is 0 Å². The van der Waals surface area contributed by atoms with Gasteiger partial charge >= 0.3 is 0 Å². The van der Waals surface area contributed by atoms with Crippen LogP contribution in [-0.4, -0.2) is 15.1 Å². The highest BCUT2D eigenvalue weighted by Crippen LogP contribution is 2.11. The molecule has 3 heteroatoms. The Morgan fingerprint density at radius 2 is 2.45 bits per heavy atom. The Hall–Kier alpha value is -1.35. The summed E-state index contributed by atoms with van der Waals surface area (Å²) in [5, 5.41) is 9.85. The minimum absolute atomic E-state index is 0.00111. The van der Waals surface area contributed by atoms with Gasteiger partial charge in [0.1, 0.15) is 0 Å². The number of aliphatic hydroxyl groups is 1. The van der Waals surface area contributed by atoms with Crippen LogP contribution in [0.25, 0.3) is 10.9 Å². The van der Waals surface area contributed by atoms with Crippen LogP contribution in [0.4, 0.5) is 0 Å². The van der Waals surface area contributed by atoms with Gasteiger partial charge in [-0.05, 0) is 12.1 Å². The molecule has 0 saturated carbocycles. The third-order valence-corrected chi connectivity index (χ3v) is 1.66. The van der Waals surface area contributed by atoms with Gasteiger partial charge in [0.2, 0.25) is 0 Å². The summed E-state index contributed by atoms with van der Waals surface area (Å²) in [7, 11) is 0. The average molecular weight is 148 g/mol. The van der Waals surface area contributed by atoms with Gasteiger partial charge < -0.3 is 10.1 Å². The van der Waals surface area contributed by atoms with Crippen molar-refractivity contribution in [2.75, 3.05) is 0 Å². The Labute approximate surface area is 63.7 Å². The molecule has 3 nitrogen and oxygen atoms in total. The van der Waals surface area contributed by atoms with Gasteiger partial charge in [-0.25, -0.2) is 0 Å². The average Bonchev–Trinajstić information content (AvgIpc) is 2.50. The molecule has 0 aliphatic heterocycles. The first kappa shape index (κ1) is 6.37. The van der Waals surface area contributed by atoms with Crippen LogP contribution in [-0.2, 0) is 6.61 Å².